The molecule has 1 saturated heterocycles. The Morgan fingerprint density at radius 3 is 2.55 bits per heavy atom. The van der Waals surface area contributed by atoms with E-state index in [1.165, 1.54) is 18.2 Å². The minimum absolute atomic E-state index is 0. The largest absolute Gasteiger partial charge is 0.339 e. The molecule has 0 aromatic heterocycles. The fourth-order valence-electron chi connectivity index (χ4n) is 2.55. The van der Waals surface area contributed by atoms with Gasteiger partial charge in [-0.15, -0.1) is 12.4 Å². The fraction of sp³-hybridized carbons (Fsp3) is 0.438. The van der Waals surface area contributed by atoms with E-state index in [1.54, 1.807) is 11.8 Å². The molecule has 1 aromatic carbocycles. The van der Waals surface area contributed by atoms with Crippen molar-refractivity contribution in [3.63, 3.8) is 0 Å². The molecule has 6 heteroatoms. The summed E-state index contributed by atoms with van der Waals surface area (Å²) in [5.41, 5.74) is 6.37. The minimum atomic E-state index is -0.654. The molecule has 3 nitrogen and oxygen atoms in total. The molecular formula is C16H21ClF2N2O. The molecule has 122 valence electrons. The molecule has 0 unspecified atom stereocenters. The molecule has 0 spiro atoms. The Kier molecular flexibility index (Phi) is 6.97. The van der Waals surface area contributed by atoms with Crippen molar-refractivity contribution in [3.8, 4) is 0 Å². The lowest BCUT2D eigenvalue weighted by Crippen LogP contribution is -2.39. The molecule has 0 atom stereocenters. The highest BCUT2D eigenvalue weighted by molar-refractivity contribution is 5.95. The van der Waals surface area contributed by atoms with Crippen LogP contribution in [0, 0.1) is 17.6 Å². The molecule has 0 radical (unpaired) electrons. The molecule has 1 fully saturated rings. The van der Waals surface area contributed by atoms with Crippen molar-refractivity contribution in [3.05, 3.63) is 41.5 Å². The Morgan fingerprint density at radius 1 is 1.36 bits per heavy atom. The predicted molar refractivity (Wildman–Crippen MR) is 85.6 cm³/mol. The lowest BCUT2D eigenvalue weighted by molar-refractivity contribution is -0.127. The number of piperidine rings is 1. The Morgan fingerprint density at radius 2 is 2.00 bits per heavy atom. The molecule has 2 N–H and O–H groups in total. The lowest BCUT2D eigenvalue weighted by atomic mass is 9.97. The average Bonchev–Trinajstić information content (AvgIpc) is 2.47. The number of allylic oxidation sites excluding steroid dienone is 1. The zero-order valence-electron chi connectivity index (χ0n) is 12.5. The summed E-state index contributed by atoms with van der Waals surface area (Å²) in [6.07, 6.45) is 3.22. The molecule has 22 heavy (non-hydrogen) atoms. The predicted octanol–water partition coefficient (Wildman–Crippen LogP) is 2.99. The van der Waals surface area contributed by atoms with E-state index in [1.807, 2.05) is 0 Å². The summed E-state index contributed by atoms with van der Waals surface area (Å²) in [6, 6.07) is 3.36. The van der Waals surface area contributed by atoms with Crippen molar-refractivity contribution in [2.45, 2.75) is 19.8 Å². The molecule has 1 aliphatic rings. The molecular weight excluding hydrogens is 310 g/mol. The lowest BCUT2D eigenvalue weighted by Gasteiger charge is -2.30. The van der Waals surface area contributed by atoms with Crippen molar-refractivity contribution >= 4 is 23.9 Å². The summed E-state index contributed by atoms with van der Waals surface area (Å²) in [7, 11) is 0. The summed E-state index contributed by atoms with van der Waals surface area (Å²) in [5, 5.41) is 0. The van der Waals surface area contributed by atoms with Crippen LogP contribution in [0.1, 0.15) is 25.3 Å². The fourth-order valence-corrected chi connectivity index (χ4v) is 2.55. The third-order valence-electron chi connectivity index (χ3n) is 3.96. The van der Waals surface area contributed by atoms with Gasteiger partial charge in [0.05, 0.1) is 0 Å². The molecule has 0 bridgehead atoms. The van der Waals surface area contributed by atoms with Crippen molar-refractivity contribution in [1.29, 1.82) is 0 Å². The number of nitrogens with two attached hydrogens (primary N) is 1. The summed E-state index contributed by atoms with van der Waals surface area (Å²) in [5.74, 6) is -0.932. The van der Waals surface area contributed by atoms with Gasteiger partial charge in [-0.2, -0.15) is 0 Å². The van der Waals surface area contributed by atoms with Gasteiger partial charge in [-0.3, -0.25) is 4.79 Å². The van der Waals surface area contributed by atoms with E-state index < -0.39 is 11.6 Å². The Hall–Kier alpha value is -1.46. The SMILES string of the molecule is C/C(=C\C(=O)N1CCC(CN)CC1)c1ccc(F)cc1F.Cl. The first-order chi connectivity index (χ1) is 10.0. The first-order valence-electron chi connectivity index (χ1n) is 7.14. The van der Waals surface area contributed by atoms with E-state index in [-0.39, 0.29) is 23.9 Å². The normalized spacial score (nSPS) is 16.4. The maximum atomic E-state index is 13.7. The molecule has 1 amide bonds. The van der Waals surface area contributed by atoms with Gasteiger partial charge in [-0.05, 0) is 49.9 Å². The summed E-state index contributed by atoms with van der Waals surface area (Å²) < 4.78 is 26.6. The van der Waals surface area contributed by atoms with Crippen molar-refractivity contribution < 1.29 is 13.6 Å². The molecule has 1 aliphatic heterocycles. The van der Waals surface area contributed by atoms with Crippen LogP contribution >= 0.6 is 12.4 Å². The van der Waals surface area contributed by atoms with Gasteiger partial charge in [0.15, 0.2) is 0 Å². The zero-order valence-corrected chi connectivity index (χ0v) is 13.3. The van der Waals surface area contributed by atoms with Gasteiger partial charge in [0, 0.05) is 30.8 Å². The number of hydrogen-bond acceptors (Lipinski definition) is 2. The van der Waals surface area contributed by atoms with Gasteiger partial charge in [0.1, 0.15) is 11.6 Å². The van der Waals surface area contributed by atoms with E-state index in [4.69, 9.17) is 5.73 Å². The Balaban J connectivity index is 0.00000242. The number of amides is 1. The van der Waals surface area contributed by atoms with Gasteiger partial charge < -0.3 is 10.6 Å². The van der Waals surface area contributed by atoms with Crippen LogP contribution in [0.15, 0.2) is 24.3 Å². The Bertz CT molecular complexity index is 555. The number of carbonyl (C=O) groups is 1. The number of carbonyl (C=O) groups excluding carboxylic acids is 1. The third-order valence-corrected chi connectivity index (χ3v) is 3.96. The monoisotopic (exact) mass is 330 g/mol. The van der Waals surface area contributed by atoms with Crippen LogP contribution in [0.25, 0.3) is 5.57 Å². The quantitative estimate of drug-likeness (QED) is 0.866. The topological polar surface area (TPSA) is 46.3 Å². The number of likely N-dealkylation sites (tertiary alicyclic amines) is 1. The van der Waals surface area contributed by atoms with Crippen LogP contribution in [0.5, 0.6) is 0 Å². The second-order valence-corrected chi connectivity index (χ2v) is 5.46. The second kappa shape index (κ2) is 8.25. The average molecular weight is 331 g/mol. The van der Waals surface area contributed by atoms with E-state index in [0.29, 0.717) is 31.1 Å². The highest BCUT2D eigenvalue weighted by Gasteiger charge is 2.21. The Labute approximate surface area is 135 Å². The maximum Gasteiger partial charge on any atom is 0.246 e. The summed E-state index contributed by atoms with van der Waals surface area (Å²) in [4.78, 5) is 13.9. The maximum absolute atomic E-state index is 13.7. The van der Waals surface area contributed by atoms with Crippen molar-refractivity contribution in [1.82, 2.24) is 4.90 Å². The number of nitrogens with zero attached hydrogens (tertiary/aromatic N) is 1. The van der Waals surface area contributed by atoms with Crippen LogP contribution < -0.4 is 5.73 Å². The second-order valence-electron chi connectivity index (χ2n) is 5.46. The van der Waals surface area contributed by atoms with Crippen LogP contribution in [-0.4, -0.2) is 30.4 Å². The van der Waals surface area contributed by atoms with E-state index in [2.05, 4.69) is 0 Å². The molecule has 1 heterocycles. The minimum Gasteiger partial charge on any atom is -0.339 e. The number of benzene rings is 1. The van der Waals surface area contributed by atoms with Gasteiger partial charge in [0.2, 0.25) is 5.91 Å². The van der Waals surface area contributed by atoms with Crippen molar-refractivity contribution in [2.75, 3.05) is 19.6 Å². The first-order valence-corrected chi connectivity index (χ1v) is 7.14. The van der Waals surface area contributed by atoms with Crippen LogP contribution in [0.4, 0.5) is 8.78 Å². The van der Waals surface area contributed by atoms with Crippen molar-refractivity contribution in [2.24, 2.45) is 11.7 Å². The molecule has 0 aliphatic carbocycles. The number of halogens is 3. The van der Waals surface area contributed by atoms with Gasteiger partial charge in [-0.25, -0.2) is 8.78 Å². The molecule has 2 rings (SSSR count). The highest BCUT2D eigenvalue weighted by Crippen LogP contribution is 2.20. The van der Waals surface area contributed by atoms with Gasteiger partial charge in [0.25, 0.3) is 0 Å². The van der Waals surface area contributed by atoms with Crippen LogP contribution in [0.2, 0.25) is 0 Å². The first kappa shape index (κ1) is 18.6. The summed E-state index contributed by atoms with van der Waals surface area (Å²) >= 11 is 0. The highest BCUT2D eigenvalue weighted by atomic mass is 35.5. The number of hydrogen-bond donors (Lipinski definition) is 1. The van der Waals surface area contributed by atoms with E-state index in [0.717, 1.165) is 18.9 Å². The summed E-state index contributed by atoms with van der Waals surface area (Å²) in [6.45, 7) is 3.66. The van der Waals surface area contributed by atoms with Crippen LogP contribution in [-0.2, 0) is 4.79 Å². The third kappa shape index (κ3) is 4.52. The zero-order chi connectivity index (χ0) is 15.4. The smallest absolute Gasteiger partial charge is 0.246 e. The van der Waals surface area contributed by atoms with Gasteiger partial charge in [-0.1, -0.05) is 0 Å². The molecule has 1 aromatic rings. The standard InChI is InChI=1S/C16H20F2N2O.ClH/c1-11(14-3-2-13(17)9-15(14)18)8-16(21)20-6-4-12(10-19)5-7-20;/h2-3,8-9,12H,4-7,10,19H2,1H3;1H/b11-8+;. The molecule has 0 saturated carbocycles. The van der Waals surface area contributed by atoms with E-state index >= 15 is 0 Å². The van der Waals surface area contributed by atoms with Crippen LogP contribution in [0.3, 0.4) is 0 Å². The van der Waals surface area contributed by atoms with E-state index in [9.17, 15) is 13.6 Å². The van der Waals surface area contributed by atoms with Gasteiger partial charge >= 0.3 is 0 Å². The number of rotatable bonds is 3.